The molecule has 5 rings (SSSR count). The van der Waals surface area contributed by atoms with Gasteiger partial charge >= 0.3 is 0 Å². The second-order valence-electron chi connectivity index (χ2n) is 6.90. The lowest BCUT2D eigenvalue weighted by molar-refractivity contribution is -0.671. The third kappa shape index (κ3) is 2.72. The minimum Gasteiger partial charge on any atom is -0.539 e. The van der Waals surface area contributed by atoms with Crippen LogP contribution in [0, 0.1) is 6.92 Å². The van der Waals surface area contributed by atoms with E-state index >= 15 is 0 Å². The van der Waals surface area contributed by atoms with Gasteiger partial charge in [-0.2, -0.15) is 0 Å². The number of benzene rings is 2. The minimum absolute atomic E-state index is 0.0590. The average Bonchev–Trinajstić information content (AvgIpc) is 3.29. The van der Waals surface area contributed by atoms with Crippen molar-refractivity contribution >= 4 is 17.3 Å². The van der Waals surface area contributed by atoms with Gasteiger partial charge in [0.2, 0.25) is 5.69 Å². The number of aliphatic imine (C=N–C) groups is 1. The first-order valence-electron chi connectivity index (χ1n) is 8.85. The third-order valence-corrected chi connectivity index (χ3v) is 5.44. The van der Waals surface area contributed by atoms with E-state index in [1.54, 1.807) is 4.68 Å². The normalized spacial score (nSPS) is 23.6. The van der Waals surface area contributed by atoms with Crippen LogP contribution in [0.25, 0.3) is 5.69 Å². The lowest BCUT2D eigenvalue weighted by Crippen LogP contribution is -2.41. The van der Waals surface area contributed by atoms with Crippen molar-refractivity contribution in [2.45, 2.75) is 19.0 Å². The van der Waals surface area contributed by atoms with Crippen molar-refractivity contribution in [1.82, 2.24) is 10.2 Å². The van der Waals surface area contributed by atoms with E-state index in [1.165, 1.54) is 5.56 Å². The fourth-order valence-electron chi connectivity index (χ4n) is 3.81. The maximum atomic E-state index is 12.5. The molecule has 0 amide bonds. The summed E-state index contributed by atoms with van der Waals surface area (Å²) >= 11 is 6.02. The van der Waals surface area contributed by atoms with Crippen LogP contribution in [0.2, 0.25) is 5.02 Å². The first kappa shape index (κ1) is 16.5. The van der Waals surface area contributed by atoms with Gasteiger partial charge in [0.25, 0.3) is 5.69 Å². The maximum absolute atomic E-state index is 12.5. The van der Waals surface area contributed by atoms with Crippen LogP contribution < -0.4 is 9.79 Å². The lowest BCUT2D eigenvalue weighted by atomic mass is 10.1. The van der Waals surface area contributed by atoms with Crippen molar-refractivity contribution < 1.29 is 14.3 Å². The van der Waals surface area contributed by atoms with Gasteiger partial charge in [-0.25, -0.2) is 0 Å². The van der Waals surface area contributed by atoms with E-state index in [4.69, 9.17) is 16.1 Å². The Kier molecular flexibility index (Phi) is 3.77. The molecule has 0 saturated carbocycles. The predicted octanol–water partition coefficient (Wildman–Crippen LogP) is 2.21. The van der Waals surface area contributed by atoms with Gasteiger partial charge in [0.15, 0.2) is 5.95 Å². The number of hydrogen-bond acceptors (Lipinski definition) is 5. The molecule has 2 aliphatic rings. The Bertz CT molecular complexity index is 1030. The molecule has 27 heavy (non-hydrogen) atoms. The molecule has 2 aliphatic heterocycles. The highest BCUT2D eigenvalue weighted by Gasteiger charge is 2.55. The van der Waals surface area contributed by atoms with Gasteiger partial charge in [-0.05, 0) is 29.3 Å². The third-order valence-electron chi connectivity index (χ3n) is 5.19. The zero-order valence-electron chi connectivity index (χ0n) is 14.7. The van der Waals surface area contributed by atoms with E-state index < -0.39 is 5.95 Å². The van der Waals surface area contributed by atoms with Crippen molar-refractivity contribution in [1.29, 1.82) is 0 Å². The van der Waals surface area contributed by atoms with Crippen LogP contribution in [-0.2, 0) is 0 Å². The molecule has 2 aromatic carbocycles. The molecule has 3 aromatic rings. The van der Waals surface area contributed by atoms with Crippen molar-refractivity contribution in [3.05, 3.63) is 70.4 Å². The fourth-order valence-corrected chi connectivity index (χ4v) is 3.94. The average molecular weight is 381 g/mol. The van der Waals surface area contributed by atoms with Gasteiger partial charge in [0, 0.05) is 23.7 Å². The summed E-state index contributed by atoms with van der Waals surface area (Å²) in [6, 6.07) is 15.9. The molecule has 3 heterocycles. The molecule has 0 bridgehead atoms. The van der Waals surface area contributed by atoms with Crippen LogP contribution in [0.4, 0.5) is 0 Å². The minimum atomic E-state index is -0.460. The smallest absolute Gasteiger partial charge is 0.286 e. The molecule has 1 fully saturated rings. The van der Waals surface area contributed by atoms with E-state index in [9.17, 15) is 5.11 Å². The highest BCUT2D eigenvalue weighted by Crippen LogP contribution is 2.46. The maximum Gasteiger partial charge on any atom is 0.286 e. The Balaban J connectivity index is 1.53. The first-order valence-corrected chi connectivity index (χ1v) is 9.23. The second-order valence-corrected chi connectivity index (χ2v) is 7.34. The number of nitrogens with zero attached hydrogens (tertiary/aromatic N) is 4. The van der Waals surface area contributed by atoms with Gasteiger partial charge in [0.1, 0.15) is 5.71 Å². The summed E-state index contributed by atoms with van der Waals surface area (Å²) in [5.74, 6) is -0.460. The van der Waals surface area contributed by atoms with Crippen LogP contribution in [-0.4, -0.2) is 35.0 Å². The molecular weight excluding hydrogens is 364 g/mol. The number of aromatic nitrogens is 2. The van der Waals surface area contributed by atoms with E-state index in [0.29, 0.717) is 17.3 Å². The van der Waals surface area contributed by atoms with Gasteiger partial charge in [0.05, 0.1) is 23.9 Å². The van der Waals surface area contributed by atoms with Gasteiger partial charge < -0.3 is 9.63 Å². The summed E-state index contributed by atoms with van der Waals surface area (Å²) in [7, 11) is 0. The molecule has 0 radical (unpaired) electrons. The monoisotopic (exact) mass is 380 g/mol. The molecule has 1 saturated heterocycles. The second kappa shape index (κ2) is 6.18. The Labute approximate surface area is 161 Å². The number of aryl methyl sites for hydroxylation is 1. The molecular formula is C20H17ClN4O2. The van der Waals surface area contributed by atoms with E-state index in [1.807, 2.05) is 55.5 Å². The molecule has 3 atom stereocenters. The molecule has 6 nitrogen and oxygen atoms in total. The summed E-state index contributed by atoms with van der Waals surface area (Å²) in [6.07, 6.45) is 0. The summed E-state index contributed by atoms with van der Waals surface area (Å²) in [4.78, 5) is 7.01. The highest BCUT2D eigenvalue weighted by molar-refractivity contribution is 6.30. The Morgan fingerprint density at radius 1 is 1.11 bits per heavy atom. The first-order chi connectivity index (χ1) is 13.1. The molecule has 3 unspecified atom stereocenters. The Hall–Kier alpha value is -2.70. The summed E-state index contributed by atoms with van der Waals surface area (Å²) in [5.41, 5.74) is 4.24. The fraction of sp³-hybridized carbons (Fsp3) is 0.250. The van der Waals surface area contributed by atoms with Crippen LogP contribution in [0.5, 0.6) is 5.95 Å². The SMILES string of the molecule is Cc1ccc(-[n+]2noc([O-])c2C2=NCCN3C2C3c2ccc(Cl)cc2)cc1. The van der Waals surface area contributed by atoms with Gasteiger partial charge in [-0.15, -0.1) is 0 Å². The molecule has 0 aliphatic carbocycles. The molecule has 0 spiro atoms. The standard InChI is InChI=1S/C20H17ClN4O2/c1-12-2-8-15(9-3-12)25-19(20(26)27-23-25)16-18-17(24(18)11-10-22-16)13-4-6-14(21)7-5-13/h2-9,17-18H,10-11H2,1H3. The number of fused-ring (bicyclic) bond motifs is 1. The zero-order valence-corrected chi connectivity index (χ0v) is 15.4. The molecule has 1 aromatic heterocycles. The van der Waals surface area contributed by atoms with Crippen molar-refractivity contribution in [2.24, 2.45) is 4.99 Å². The lowest BCUT2D eigenvalue weighted by Gasteiger charge is -2.09. The Morgan fingerprint density at radius 2 is 1.85 bits per heavy atom. The highest BCUT2D eigenvalue weighted by atomic mass is 35.5. The number of hydrogen-bond donors (Lipinski definition) is 0. The summed E-state index contributed by atoms with van der Waals surface area (Å²) in [5, 5.41) is 17.1. The number of rotatable bonds is 3. The van der Waals surface area contributed by atoms with E-state index in [-0.39, 0.29) is 12.1 Å². The van der Waals surface area contributed by atoms with Crippen LogP contribution in [0.3, 0.4) is 0 Å². The van der Waals surface area contributed by atoms with E-state index in [0.717, 1.165) is 23.5 Å². The molecule has 136 valence electrons. The van der Waals surface area contributed by atoms with Crippen molar-refractivity contribution in [3.8, 4) is 11.6 Å². The molecule has 7 heteroatoms. The van der Waals surface area contributed by atoms with Gasteiger partial charge in [-0.1, -0.05) is 41.4 Å². The van der Waals surface area contributed by atoms with Crippen molar-refractivity contribution in [3.63, 3.8) is 0 Å². The van der Waals surface area contributed by atoms with Crippen LogP contribution >= 0.6 is 11.6 Å². The predicted molar refractivity (Wildman–Crippen MR) is 98.3 cm³/mol. The topological polar surface area (TPSA) is 68.3 Å². The Morgan fingerprint density at radius 3 is 2.59 bits per heavy atom. The van der Waals surface area contributed by atoms with Crippen LogP contribution in [0.1, 0.15) is 22.9 Å². The quantitative estimate of drug-likeness (QED) is 0.516. The zero-order chi connectivity index (χ0) is 18.5. The van der Waals surface area contributed by atoms with Crippen molar-refractivity contribution in [2.75, 3.05) is 13.1 Å². The largest absolute Gasteiger partial charge is 0.539 e. The van der Waals surface area contributed by atoms with Gasteiger partial charge in [-0.3, -0.25) is 9.89 Å². The van der Waals surface area contributed by atoms with Crippen LogP contribution in [0.15, 0.2) is 58.0 Å². The number of halogens is 1. The summed E-state index contributed by atoms with van der Waals surface area (Å²) < 4.78 is 6.55. The van der Waals surface area contributed by atoms with E-state index in [2.05, 4.69) is 15.2 Å². The summed E-state index contributed by atoms with van der Waals surface area (Å²) in [6.45, 7) is 3.53. The molecule has 0 N–H and O–H groups in total.